The van der Waals surface area contributed by atoms with Gasteiger partial charge in [-0.15, -0.1) is 0 Å². The maximum absolute atomic E-state index is 12.4. The Hall–Kier alpha value is -1.78. The summed E-state index contributed by atoms with van der Waals surface area (Å²) in [6.45, 7) is 8.03. The van der Waals surface area contributed by atoms with Crippen LogP contribution in [0.2, 0.25) is 0 Å². The highest BCUT2D eigenvalue weighted by Gasteiger charge is 2.30. The van der Waals surface area contributed by atoms with Crippen LogP contribution in [0.15, 0.2) is 36.5 Å². The molecule has 0 saturated heterocycles. The molecule has 1 rings (SSSR count). The van der Waals surface area contributed by atoms with Crippen LogP contribution in [-0.2, 0) is 6.18 Å². The predicted octanol–water partition coefficient (Wildman–Crippen LogP) is 4.52. The molecule has 1 aromatic carbocycles. The van der Waals surface area contributed by atoms with Gasteiger partial charge in [-0.2, -0.15) is 13.2 Å². The lowest BCUT2D eigenvalue weighted by molar-refractivity contribution is -0.137. The summed E-state index contributed by atoms with van der Waals surface area (Å²) >= 11 is 0. The molecule has 21 heavy (non-hydrogen) atoms. The molecule has 0 spiro atoms. The zero-order chi connectivity index (χ0) is 16.2. The van der Waals surface area contributed by atoms with Crippen molar-refractivity contribution in [2.45, 2.75) is 46.0 Å². The van der Waals surface area contributed by atoms with E-state index in [0.29, 0.717) is 0 Å². The van der Waals surface area contributed by atoms with Crippen molar-refractivity contribution in [1.82, 2.24) is 4.90 Å². The quantitative estimate of drug-likeness (QED) is 0.588. The van der Waals surface area contributed by atoms with Gasteiger partial charge in [0, 0.05) is 29.9 Å². The molecule has 0 unspecified atom stereocenters. The molecule has 0 aromatic heterocycles. The van der Waals surface area contributed by atoms with Gasteiger partial charge in [0.05, 0.1) is 5.56 Å². The van der Waals surface area contributed by atoms with Gasteiger partial charge in [0.15, 0.2) is 5.78 Å². The number of alkyl halides is 3. The van der Waals surface area contributed by atoms with Gasteiger partial charge in [-0.3, -0.25) is 4.79 Å². The molecule has 0 aliphatic rings. The number of hydrogen-bond donors (Lipinski definition) is 0. The Labute approximate surface area is 123 Å². The van der Waals surface area contributed by atoms with Gasteiger partial charge in [-0.1, -0.05) is 12.1 Å². The number of nitrogens with zero attached hydrogens (tertiary/aromatic N) is 1. The monoisotopic (exact) mass is 299 g/mol. The lowest BCUT2D eigenvalue weighted by Gasteiger charge is -2.29. The van der Waals surface area contributed by atoms with Crippen LogP contribution < -0.4 is 0 Å². The first-order chi connectivity index (χ1) is 9.62. The topological polar surface area (TPSA) is 20.3 Å². The molecular weight excluding hydrogens is 279 g/mol. The minimum atomic E-state index is -4.39. The molecule has 1 aromatic rings. The first-order valence-electron chi connectivity index (χ1n) is 6.80. The van der Waals surface area contributed by atoms with Gasteiger partial charge in [0.2, 0.25) is 0 Å². The van der Waals surface area contributed by atoms with Gasteiger partial charge in [-0.05, 0) is 39.8 Å². The van der Waals surface area contributed by atoms with Crippen molar-refractivity contribution in [3.8, 4) is 0 Å². The average Bonchev–Trinajstić information content (AvgIpc) is 2.37. The van der Waals surface area contributed by atoms with Crippen LogP contribution in [-0.4, -0.2) is 22.8 Å². The molecular formula is C16H20F3NO. The third-order valence-corrected chi connectivity index (χ3v) is 3.09. The number of halogens is 3. The van der Waals surface area contributed by atoms with E-state index in [2.05, 4.69) is 0 Å². The summed E-state index contributed by atoms with van der Waals surface area (Å²) < 4.78 is 37.3. The largest absolute Gasteiger partial charge is 0.416 e. The normalized spacial score (nSPS) is 12.4. The zero-order valence-corrected chi connectivity index (χ0v) is 12.6. The Morgan fingerprint density at radius 2 is 1.52 bits per heavy atom. The number of benzene rings is 1. The molecule has 0 amide bonds. The van der Waals surface area contributed by atoms with E-state index < -0.39 is 11.7 Å². The summed E-state index contributed by atoms with van der Waals surface area (Å²) in [5, 5.41) is 0. The Balaban J connectivity index is 2.85. The Bertz CT molecular complexity index is 493. The van der Waals surface area contributed by atoms with E-state index in [0.717, 1.165) is 12.1 Å². The standard InChI is InChI=1S/C16H20F3NO/c1-11(2)20(12(3)4)10-9-15(21)13-5-7-14(8-6-13)16(17,18)19/h5-12H,1-4H3/b10-9+. The van der Waals surface area contributed by atoms with E-state index in [1.165, 1.54) is 18.2 Å². The van der Waals surface area contributed by atoms with Crippen molar-refractivity contribution in [1.29, 1.82) is 0 Å². The van der Waals surface area contributed by atoms with Crippen LogP contribution >= 0.6 is 0 Å². The molecule has 0 bridgehead atoms. The maximum Gasteiger partial charge on any atom is 0.416 e. The molecule has 5 heteroatoms. The fourth-order valence-electron chi connectivity index (χ4n) is 2.01. The van der Waals surface area contributed by atoms with Gasteiger partial charge in [-0.25, -0.2) is 0 Å². The minimum absolute atomic E-state index is 0.238. The average molecular weight is 299 g/mol. The molecule has 0 atom stereocenters. The second-order valence-corrected chi connectivity index (χ2v) is 5.39. The van der Waals surface area contributed by atoms with Crippen LogP contribution in [0, 0.1) is 0 Å². The number of allylic oxidation sites excluding steroid dienone is 1. The molecule has 0 aliphatic carbocycles. The van der Waals surface area contributed by atoms with Crippen LogP contribution in [0.4, 0.5) is 13.2 Å². The van der Waals surface area contributed by atoms with Crippen LogP contribution in [0.1, 0.15) is 43.6 Å². The fraction of sp³-hybridized carbons (Fsp3) is 0.438. The highest BCUT2D eigenvalue weighted by atomic mass is 19.4. The van der Waals surface area contributed by atoms with Crippen molar-refractivity contribution in [2.24, 2.45) is 0 Å². The van der Waals surface area contributed by atoms with Gasteiger partial charge in [0.1, 0.15) is 0 Å². The molecule has 0 N–H and O–H groups in total. The maximum atomic E-state index is 12.4. The SMILES string of the molecule is CC(C)N(/C=C/C(=O)c1ccc(C(F)(F)F)cc1)C(C)C. The van der Waals surface area contributed by atoms with Crippen molar-refractivity contribution < 1.29 is 18.0 Å². The van der Waals surface area contributed by atoms with E-state index in [9.17, 15) is 18.0 Å². The van der Waals surface area contributed by atoms with Crippen molar-refractivity contribution >= 4 is 5.78 Å². The fourth-order valence-corrected chi connectivity index (χ4v) is 2.01. The third-order valence-electron chi connectivity index (χ3n) is 3.09. The summed E-state index contributed by atoms with van der Waals surface area (Å²) in [6, 6.07) is 4.71. The van der Waals surface area contributed by atoms with Crippen LogP contribution in [0.3, 0.4) is 0 Å². The number of rotatable bonds is 5. The predicted molar refractivity (Wildman–Crippen MR) is 77.0 cm³/mol. The second-order valence-electron chi connectivity index (χ2n) is 5.39. The van der Waals surface area contributed by atoms with E-state index >= 15 is 0 Å². The lowest BCUT2D eigenvalue weighted by Crippen LogP contribution is -2.32. The highest BCUT2D eigenvalue weighted by Crippen LogP contribution is 2.29. The van der Waals surface area contributed by atoms with Gasteiger partial charge >= 0.3 is 6.18 Å². The van der Waals surface area contributed by atoms with E-state index in [-0.39, 0.29) is 23.4 Å². The van der Waals surface area contributed by atoms with Gasteiger partial charge in [0.25, 0.3) is 0 Å². The zero-order valence-electron chi connectivity index (χ0n) is 12.6. The summed E-state index contributed by atoms with van der Waals surface area (Å²) in [7, 11) is 0. The van der Waals surface area contributed by atoms with Crippen LogP contribution in [0.25, 0.3) is 0 Å². The van der Waals surface area contributed by atoms with Crippen molar-refractivity contribution in [2.75, 3.05) is 0 Å². The van der Waals surface area contributed by atoms with Crippen molar-refractivity contribution in [3.05, 3.63) is 47.7 Å². The molecule has 0 aliphatic heterocycles. The summed E-state index contributed by atoms with van der Waals surface area (Å²) in [4.78, 5) is 14.0. The number of hydrogen-bond acceptors (Lipinski definition) is 2. The molecule has 0 radical (unpaired) electrons. The molecule has 116 valence electrons. The minimum Gasteiger partial charge on any atom is -0.372 e. The third kappa shape index (κ3) is 4.92. The molecule has 2 nitrogen and oxygen atoms in total. The Morgan fingerprint density at radius 1 is 1.05 bits per heavy atom. The van der Waals surface area contributed by atoms with E-state index in [1.54, 1.807) is 6.20 Å². The first-order valence-corrected chi connectivity index (χ1v) is 6.80. The van der Waals surface area contributed by atoms with Crippen LogP contribution in [0.5, 0.6) is 0 Å². The lowest BCUT2D eigenvalue weighted by atomic mass is 10.1. The Kier molecular flexibility index (Phi) is 5.58. The van der Waals surface area contributed by atoms with E-state index in [4.69, 9.17) is 0 Å². The molecule has 0 heterocycles. The molecule has 0 saturated carbocycles. The smallest absolute Gasteiger partial charge is 0.372 e. The summed E-state index contributed by atoms with van der Waals surface area (Å²) in [6.07, 6.45) is -1.30. The van der Waals surface area contributed by atoms with Crippen molar-refractivity contribution in [3.63, 3.8) is 0 Å². The first kappa shape index (κ1) is 17.3. The van der Waals surface area contributed by atoms with Gasteiger partial charge < -0.3 is 4.90 Å². The number of ketones is 1. The summed E-state index contributed by atoms with van der Waals surface area (Å²) in [5.41, 5.74) is -0.513. The number of carbonyl (C=O) groups is 1. The Morgan fingerprint density at radius 3 is 1.90 bits per heavy atom. The molecule has 0 fully saturated rings. The highest BCUT2D eigenvalue weighted by molar-refractivity contribution is 6.04. The second kappa shape index (κ2) is 6.78. The summed E-state index contributed by atoms with van der Waals surface area (Å²) in [5.74, 6) is -0.310. The number of carbonyl (C=O) groups excluding carboxylic acids is 1. The van der Waals surface area contributed by atoms with E-state index in [1.807, 2.05) is 32.6 Å².